The van der Waals surface area contributed by atoms with Crippen LogP contribution in [0.1, 0.15) is 22.3 Å². The highest BCUT2D eigenvalue weighted by Gasteiger charge is 2.32. The number of fused-ring (bicyclic) bond motifs is 1. The van der Waals surface area contributed by atoms with E-state index in [0.717, 1.165) is 11.6 Å². The molecule has 0 fully saturated rings. The fourth-order valence-electron chi connectivity index (χ4n) is 2.75. The molecule has 1 aromatic carbocycles. The van der Waals surface area contributed by atoms with Gasteiger partial charge in [0.25, 0.3) is 0 Å². The molecule has 0 N–H and O–H groups in total. The summed E-state index contributed by atoms with van der Waals surface area (Å²) in [6.07, 6.45) is -3.73. The van der Waals surface area contributed by atoms with Crippen LogP contribution >= 0.6 is 23.2 Å². The number of halogens is 5. The number of benzene rings is 1. The summed E-state index contributed by atoms with van der Waals surface area (Å²) in [7, 11) is 0. The molecule has 0 unspecified atom stereocenters. The van der Waals surface area contributed by atoms with E-state index < -0.39 is 11.7 Å². The summed E-state index contributed by atoms with van der Waals surface area (Å²) in [6.45, 7) is 2.71. The predicted molar refractivity (Wildman–Crippen MR) is 83.0 cm³/mol. The highest BCUT2D eigenvalue weighted by atomic mass is 35.5. The van der Waals surface area contributed by atoms with Crippen LogP contribution in [-0.2, 0) is 19.1 Å². The summed E-state index contributed by atoms with van der Waals surface area (Å²) in [5.74, 6) is 0. The van der Waals surface area contributed by atoms with Gasteiger partial charge in [-0.1, -0.05) is 29.3 Å². The van der Waals surface area contributed by atoms with Gasteiger partial charge in [0.15, 0.2) is 10.3 Å². The van der Waals surface area contributed by atoms with Crippen LogP contribution in [0.25, 0.3) is 0 Å². The Morgan fingerprint density at radius 1 is 1.09 bits per heavy atom. The summed E-state index contributed by atoms with van der Waals surface area (Å²) in [5.41, 5.74) is 2.19. The van der Waals surface area contributed by atoms with E-state index in [1.54, 1.807) is 13.0 Å². The number of hydrogen-bond acceptors (Lipinski definition) is 3. The zero-order chi connectivity index (χ0) is 16.8. The molecular formula is C15H12Cl2F3N3. The van der Waals surface area contributed by atoms with Gasteiger partial charge >= 0.3 is 6.18 Å². The van der Waals surface area contributed by atoms with Gasteiger partial charge in [-0.25, -0.2) is 0 Å². The van der Waals surface area contributed by atoms with Crippen molar-refractivity contribution in [2.24, 2.45) is 0 Å². The van der Waals surface area contributed by atoms with E-state index in [9.17, 15) is 13.2 Å². The average Bonchev–Trinajstić information content (AvgIpc) is 2.50. The largest absolute Gasteiger partial charge is 0.416 e. The second kappa shape index (κ2) is 5.83. The Hall–Kier alpha value is -1.53. The lowest BCUT2D eigenvalue weighted by molar-refractivity contribution is -0.137. The molecule has 122 valence electrons. The van der Waals surface area contributed by atoms with Crippen LogP contribution in [-0.4, -0.2) is 16.7 Å². The second-order valence-electron chi connectivity index (χ2n) is 5.41. The molecule has 0 amide bonds. The van der Waals surface area contributed by atoms with Gasteiger partial charge in [-0.15, -0.1) is 10.2 Å². The SMILES string of the molecule is Cc1c(Cl)nnc(Cl)c1N1CCc2ccc(C(F)(F)F)cc2C1. The highest BCUT2D eigenvalue weighted by molar-refractivity contribution is 6.34. The zero-order valence-electron chi connectivity index (χ0n) is 12.1. The maximum absolute atomic E-state index is 12.9. The van der Waals surface area contributed by atoms with Crippen molar-refractivity contribution in [3.8, 4) is 0 Å². The number of hydrogen-bond donors (Lipinski definition) is 0. The fraction of sp³-hybridized carbons (Fsp3) is 0.333. The van der Waals surface area contributed by atoms with E-state index in [2.05, 4.69) is 10.2 Å². The molecule has 0 bridgehead atoms. The summed E-state index contributed by atoms with van der Waals surface area (Å²) in [6, 6.07) is 3.86. The molecule has 23 heavy (non-hydrogen) atoms. The van der Waals surface area contributed by atoms with E-state index in [1.165, 1.54) is 6.07 Å². The van der Waals surface area contributed by atoms with Gasteiger partial charge in [-0.3, -0.25) is 0 Å². The monoisotopic (exact) mass is 361 g/mol. The summed E-state index contributed by atoms with van der Waals surface area (Å²) >= 11 is 12.1. The second-order valence-corrected chi connectivity index (χ2v) is 6.12. The number of anilines is 1. The van der Waals surface area contributed by atoms with E-state index in [4.69, 9.17) is 23.2 Å². The maximum Gasteiger partial charge on any atom is 0.416 e. The molecule has 0 saturated carbocycles. The molecule has 3 rings (SSSR count). The third-order valence-electron chi connectivity index (χ3n) is 3.95. The third kappa shape index (κ3) is 3.10. The Kier molecular flexibility index (Phi) is 4.14. The van der Waals surface area contributed by atoms with Crippen molar-refractivity contribution >= 4 is 28.9 Å². The third-order valence-corrected chi connectivity index (χ3v) is 4.56. The lowest BCUT2D eigenvalue weighted by Crippen LogP contribution is -2.31. The van der Waals surface area contributed by atoms with Crippen molar-refractivity contribution < 1.29 is 13.2 Å². The Morgan fingerprint density at radius 3 is 2.48 bits per heavy atom. The molecule has 2 heterocycles. The molecule has 1 aliphatic heterocycles. The fourth-order valence-corrected chi connectivity index (χ4v) is 3.18. The van der Waals surface area contributed by atoms with E-state index in [0.29, 0.717) is 36.3 Å². The van der Waals surface area contributed by atoms with Crippen LogP contribution in [0.4, 0.5) is 18.9 Å². The molecule has 8 heteroatoms. The summed E-state index contributed by atoms with van der Waals surface area (Å²) < 4.78 is 38.7. The Labute approximate surface area is 141 Å². The zero-order valence-corrected chi connectivity index (χ0v) is 13.6. The number of aromatic nitrogens is 2. The lowest BCUT2D eigenvalue weighted by atomic mass is 9.96. The first-order valence-corrected chi connectivity index (χ1v) is 7.65. The van der Waals surface area contributed by atoms with Gasteiger partial charge in [0.1, 0.15) is 0 Å². The maximum atomic E-state index is 12.9. The van der Waals surface area contributed by atoms with E-state index in [1.807, 2.05) is 4.90 Å². The molecule has 1 aromatic heterocycles. The number of nitrogens with zero attached hydrogens (tertiary/aromatic N) is 3. The van der Waals surface area contributed by atoms with Crippen molar-refractivity contribution in [1.82, 2.24) is 10.2 Å². The molecule has 3 nitrogen and oxygen atoms in total. The Morgan fingerprint density at radius 2 is 1.78 bits per heavy atom. The quantitative estimate of drug-likeness (QED) is 0.738. The first-order valence-electron chi connectivity index (χ1n) is 6.89. The average molecular weight is 362 g/mol. The Balaban J connectivity index is 1.98. The van der Waals surface area contributed by atoms with Crippen molar-refractivity contribution in [2.45, 2.75) is 26.1 Å². The van der Waals surface area contributed by atoms with Crippen LogP contribution in [0.2, 0.25) is 10.3 Å². The molecule has 0 spiro atoms. The minimum absolute atomic E-state index is 0.197. The minimum Gasteiger partial charge on any atom is -0.364 e. The highest BCUT2D eigenvalue weighted by Crippen LogP contribution is 2.36. The van der Waals surface area contributed by atoms with Crippen LogP contribution in [0.5, 0.6) is 0 Å². The van der Waals surface area contributed by atoms with Gasteiger partial charge in [0.05, 0.1) is 11.3 Å². The van der Waals surface area contributed by atoms with Gasteiger partial charge in [-0.05, 0) is 36.6 Å². The minimum atomic E-state index is -4.35. The topological polar surface area (TPSA) is 29.0 Å². The summed E-state index contributed by atoms with van der Waals surface area (Å²) in [5, 5.41) is 7.95. The molecule has 0 saturated heterocycles. The molecule has 1 aliphatic rings. The molecular weight excluding hydrogens is 350 g/mol. The predicted octanol–water partition coefficient (Wildman–Crippen LogP) is 4.67. The normalized spacial score (nSPS) is 14.8. The molecule has 2 aromatic rings. The van der Waals surface area contributed by atoms with Gasteiger partial charge < -0.3 is 4.90 Å². The lowest BCUT2D eigenvalue weighted by Gasteiger charge is -2.32. The van der Waals surface area contributed by atoms with Gasteiger partial charge in [-0.2, -0.15) is 13.2 Å². The first kappa shape index (κ1) is 16.3. The van der Waals surface area contributed by atoms with Gasteiger partial charge in [0, 0.05) is 18.7 Å². The summed E-state index contributed by atoms with van der Waals surface area (Å²) in [4.78, 5) is 1.89. The van der Waals surface area contributed by atoms with Crippen molar-refractivity contribution in [3.63, 3.8) is 0 Å². The molecule has 0 radical (unpaired) electrons. The molecule has 0 atom stereocenters. The van der Waals surface area contributed by atoms with E-state index >= 15 is 0 Å². The van der Waals surface area contributed by atoms with Crippen LogP contribution in [0, 0.1) is 6.92 Å². The van der Waals surface area contributed by atoms with Crippen LogP contribution < -0.4 is 4.90 Å². The van der Waals surface area contributed by atoms with Crippen LogP contribution in [0.15, 0.2) is 18.2 Å². The van der Waals surface area contributed by atoms with Crippen molar-refractivity contribution in [2.75, 3.05) is 11.4 Å². The number of alkyl halides is 3. The van der Waals surface area contributed by atoms with Crippen molar-refractivity contribution in [3.05, 3.63) is 50.8 Å². The smallest absolute Gasteiger partial charge is 0.364 e. The number of rotatable bonds is 1. The van der Waals surface area contributed by atoms with Crippen LogP contribution in [0.3, 0.4) is 0 Å². The van der Waals surface area contributed by atoms with Gasteiger partial charge in [0.2, 0.25) is 0 Å². The van der Waals surface area contributed by atoms with E-state index in [-0.39, 0.29) is 10.3 Å². The van der Waals surface area contributed by atoms with Crippen molar-refractivity contribution in [1.29, 1.82) is 0 Å². The standard InChI is InChI=1S/C15H12Cl2F3N3/c1-8-12(14(17)22-21-13(8)16)23-5-4-9-2-3-11(15(18,19)20)6-10(9)7-23/h2-3,6H,4-5,7H2,1H3. The Bertz CT molecular complexity index is 762. The first-order chi connectivity index (χ1) is 10.8. The molecule has 0 aliphatic carbocycles.